The second-order valence-electron chi connectivity index (χ2n) is 2.41. The predicted octanol–water partition coefficient (Wildman–Crippen LogP) is -1.48. The SMILES string of the molecule is NS(=O)(=O)C1=NC2=NC=NC2C=N1. The third-order valence-corrected chi connectivity index (χ3v) is 2.18. The summed E-state index contributed by atoms with van der Waals surface area (Å²) in [5.74, 6) is 0.305. The number of aliphatic imine (C=N–C) groups is 4. The number of hydrogen-bond acceptors (Lipinski definition) is 6. The fourth-order valence-electron chi connectivity index (χ4n) is 0.906. The van der Waals surface area contributed by atoms with Crippen molar-refractivity contribution in [1.29, 1.82) is 0 Å². The van der Waals surface area contributed by atoms with E-state index in [-0.39, 0.29) is 6.04 Å². The van der Waals surface area contributed by atoms with Crippen molar-refractivity contribution in [2.75, 3.05) is 0 Å². The Bertz CT molecular complexity index is 457. The minimum atomic E-state index is -3.85. The van der Waals surface area contributed by atoms with Gasteiger partial charge in [0.1, 0.15) is 12.4 Å². The minimum Gasteiger partial charge on any atom is -0.256 e. The Morgan fingerprint density at radius 2 is 2.23 bits per heavy atom. The van der Waals surface area contributed by atoms with Crippen LogP contribution in [0.2, 0.25) is 0 Å². The lowest BCUT2D eigenvalue weighted by atomic mass is 10.3. The van der Waals surface area contributed by atoms with Crippen LogP contribution in [0.1, 0.15) is 0 Å². The molecular weight excluding hydrogens is 194 g/mol. The van der Waals surface area contributed by atoms with Crippen LogP contribution in [0, 0.1) is 0 Å². The highest BCUT2D eigenvalue weighted by molar-refractivity contribution is 8.04. The molecule has 1 atom stereocenters. The predicted molar refractivity (Wildman–Crippen MR) is 48.7 cm³/mol. The van der Waals surface area contributed by atoms with Gasteiger partial charge < -0.3 is 0 Å². The topological polar surface area (TPSA) is 110 Å². The first-order valence-corrected chi connectivity index (χ1v) is 4.87. The molecule has 0 bridgehead atoms. The number of primary sulfonamides is 1. The number of fused-ring (bicyclic) bond motifs is 1. The molecule has 0 aromatic rings. The zero-order valence-corrected chi connectivity index (χ0v) is 7.14. The molecule has 0 spiro atoms. The Labute approximate surface area is 73.9 Å². The molecule has 8 heteroatoms. The van der Waals surface area contributed by atoms with Crippen molar-refractivity contribution in [3.05, 3.63) is 0 Å². The quantitative estimate of drug-likeness (QED) is 0.513. The Balaban J connectivity index is 2.43. The molecule has 2 heterocycles. The number of amidine groups is 2. The highest BCUT2D eigenvalue weighted by Gasteiger charge is 2.24. The summed E-state index contributed by atoms with van der Waals surface area (Å²) in [4.78, 5) is 14.8. The van der Waals surface area contributed by atoms with Gasteiger partial charge in [-0.2, -0.15) is 4.99 Å². The van der Waals surface area contributed by atoms with Crippen LogP contribution < -0.4 is 5.14 Å². The molecule has 0 aromatic heterocycles. The lowest BCUT2D eigenvalue weighted by Crippen LogP contribution is -2.29. The van der Waals surface area contributed by atoms with Crippen molar-refractivity contribution in [3.63, 3.8) is 0 Å². The van der Waals surface area contributed by atoms with Gasteiger partial charge in [-0.3, -0.25) is 4.99 Å². The average Bonchev–Trinajstić information content (AvgIpc) is 2.47. The molecule has 0 fully saturated rings. The van der Waals surface area contributed by atoms with E-state index in [0.717, 1.165) is 0 Å². The van der Waals surface area contributed by atoms with E-state index in [1.807, 2.05) is 0 Å². The van der Waals surface area contributed by atoms with Crippen molar-refractivity contribution >= 4 is 33.6 Å². The van der Waals surface area contributed by atoms with Crippen LogP contribution in [0.15, 0.2) is 20.0 Å². The zero-order valence-electron chi connectivity index (χ0n) is 6.32. The van der Waals surface area contributed by atoms with Gasteiger partial charge in [-0.25, -0.2) is 23.5 Å². The first kappa shape index (κ1) is 8.20. The number of nitrogens with two attached hydrogens (primary N) is 1. The highest BCUT2D eigenvalue weighted by atomic mass is 32.2. The summed E-state index contributed by atoms with van der Waals surface area (Å²) in [7, 11) is -3.85. The molecule has 0 radical (unpaired) electrons. The third kappa shape index (κ3) is 1.40. The summed E-state index contributed by atoms with van der Waals surface area (Å²) >= 11 is 0. The van der Waals surface area contributed by atoms with E-state index in [1.54, 1.807) is 0 Å². The first-order valence-electron chi connectivity index (χ1n) is 3.32. The molecule has 2 N–H and O–H groups in total. The van der Waals surface area contributed by atoms with Crippen molar-refractivity contribution in [1.82, 2.24) is 0 Å². The lowest BCUT2D eigenvalue weighted by Gasteiger charge is -2.07. The molecule has 0 saturated carbocycles. The first-order chi connectivity index (χ1) is 6.07. The number of rotatable bonds is 0. The van der Waals surface area contributed by atoms with Crippen LogP contribution in [-0.2, 0) is 10.0 Å². The van der Waals surface area contributed by atoms with Crippen LogP contribution in [0.4, 0.5) is 0 Å². The minimum absolute atomic E-state index is 0.305. The van der Waals surface area contributed by atoms with Crippen LogP contribution >= 0.6 is 0 Å². The molecule has 2 rings (SSSR count). The van der Waals surface area contributed by atoms with Crippen LogP contribution in [0.5, 0.6) is 0 Å². The van der Waals surface area contributed by atoms with Crippen LogP contribution in [-0.4, -0.2) is 38.0 Å². The van der Waals surface area contributed by atoms with Gasteiger partial charge in [0.15, 0.2) is 5.84 Å². The fourth-order valence-corrected chi connectivity index (χ4v) is 1.33. The summed E-state index contributed by atoms with van der Waals surface area (Å²) in [6.07, 6.45) is 2.65. The number of hydrogen-bond donors (Lipinski definition) is 1. The van der Waals surface area contributed by atoms with Gasteiger partial charge in [0.05, 0.1) is 0 Å². The van der Waals surface area contributed by atoms with Crippen molar-refractivity contribution < 1.29 is 8.42 Å². The van der Waals surface area contributed by atoms with E-state index in [0.29, 0.717) is 5.84 Å². The Hall–Kier alpha value is -1.41. The van der Waals surface area contributed by atoms with E-state index in [1.165, 1.54) is 12.6 Å². The second kappa shape index (κ2) is 2.54. The van der Waals surface area contributed by atoms with Crippen molar-refractivity contribution in [2.45, 2.75) is 6.04 Å². The molecule has 0 amide bonds. The smallest absolute Gasteiger partial charge is 0.256 e. The average molecular weight is 199 g/mol. The molecule has 0 aliphatic carbocycles. The molecule has 13 heavy (non-hydrogen) atoms. The molecule has 68 valence electrons. The third-order valence-electron chi connectivity index (χ3n) is 1.47. The molecule has 2 aliphatic heterocycles. The largest absolute Gasteiger partial charge is 0.273 e. The van der Waals surface area contributed by atoms with E-state index in [4.69, 9.17) is 5.14 Å². The maximum Gasteiger partial charge on any atom is 0.273 e. The summed E-state index contributed by atoms with van der Waals surface area (Å²) in [5, 5.41) is 4.40. The fraction of sp³-hybridized carbons (Fsp3) is 0.200. The molecule has 7 nitrogen and oxygen atoms in total. The van der Waals surface area contributed by atoms with Crippen molar-refractivity contribution in [3.8, 4) is 0 Å². The van der Waals surface area contributed by atoms with E-state index < -0.39 is 15.2 Å². The van der Waals surface area contributed by atoms with Gasteiger partial charge in [0.2, 0.25) is 0 Å². The van der Waals surface area contributed by atoms with Crippen LogP contribution in [0.25, 0.3) is 0 Å². The van der Waals surface area contributed by atoms with Gasteiger partial charge >= 0.3 is 0 Å². The number of sulfonamides is 1. The Morgan fingerprint density at radius 1 is 1.46 bits per heavy atom. The summed E-state index contributed by atoms with van der Waals surface area (Å²) < 4.78 is 21.6. The van der Waals surface area contributed by atoms with E-state index in [9.17, 15) is 8.42 Å². The standard InChI is InChI=1S/C5H5N5O2S/c6-13(11,12)5-7-1-3-4(10-5)9-2-8-3/h1-3H,(H2,6,11,12). The van der Waals surface area contributed by atoms with Gasteiger partial charge in [-0.05, 0) is 0 Å². The zero-order chi connectivity index (χ0) is 9.47. The normalized spacial score (nSPS) is 25.5. The summed E-state index contributed by atoms with van der Waals surface area (Å²) in [5.41, 5.74) is 0. The van der Waals surface area contributed by atoms with Crippen molar-refractivity contribution in [2.24, 2.45) is 25.1 Å². The van der Waals surface area contributed by atoms with E-state index >= 15 is 0 Å². The molecule has 1 unspecified atom stereocenters. The van der Waals surface area contributed by atoms with Crippen LogP contribution in [0.3, 0.4) is 0 Å². The lowest BCUT2D eigenvalue weighted by molar-refractivity contribution is 0.608. The Morgan fingerprint density at radius 3 is 2.92 bits per heavy atom. The number of nitrogens with zero attached hydrogens (tertiary/aromatic N) is 4. The highest BCUT2D eigenvalue weighted by Crippen LogP contribution is 2.07. The summed E-state index contributed by atoms with van der Waals surface area (Å²) in [6, 6.07) is -0.356. The monoisotopic (exact) mass is 199 g/mol. The molecular formula is C5H5N5O2S. The molecule has 0 aromatic carbocycles. The molecule has 0 saturated heterocycles. The molecule has 2 aliphatic rings. The maximum absolute atomic E-state index is 10.8. The maximum atomic E-state index is 10.8. The Kier molecular flexibility index (Phi) is 1.60. The second-order valence-corrected chi connectivity index (χ2v) is 3.87. The van der Waals surface area contributed by atoms with Gasteiger partial charge in [-0.15, -0.1) is 0 Å². The van der Waals surface area contributed by atoms with Gasteiger partial charge in [0, 0.05) is 6.21 Å². The van der Waals surface area contributed by atoms with Gasteiger partial charge in [0.25, 0.3) is 15.2 Å². The van der Waals surface area contributed by atoms with Gasteiger partial charge in [-0.1, -0.05) is 0 Å². The van der Waals surface area contributed by atoms with E-state index in [2.05, 4.69) is 20.0 Å². The summed E-state index contributed by atoms with van der Waals surface area (Å²) in [6.45, 7) is 0.